The maximum absolute atomic E-state index is 12.9. The average Bonchev–Trinajstić information content (AvgIpc) is 2.68. The van der Waals surface area contributed by atoms with Gasteiger partial charge in [0.15, 0.2) is 0 Å². The number of piperidine rings is 2. The largest absolute Gasteiger partial charge is 0.342 e. The number of carbonyl (C=O) groups is 1. The number of hydrogen-bond acceptors (Lipinski definition) is 4. The number of hydrogen-bond donors (Lipinski definition) is 0. The van der Waals surface area contributed by atoms with E-state index in [0.717, 1.165) is 32.4 Å². The molecule has 2 heterocycles. The van der Waals surface area contributed by atoms with Crippen LogP contribution >= 0.6 is 0 Å². The van der Waals surface area contributed by atoms with Gasteiger partial charge in [-0.05, 0) is 55.9 Å². The Labute approximate surface area is 155 Å². The maximum Gasteiger partial charge on any atom is 0.243 e. The van der Waals surface area contributed by atoms with Crippen molar-refractivity contribution in [1.29, 1.82) is 5.26 Å². The molecule has 140 valence electrons. The van der Waals surface area contributed by atoms with E-state index < -0.39 is 10.0 Å². The summed E-state index contributed by atoms with van der Waals surface area (Å²) in [5, 5.41) is 8.86. The molecule has 2 saturated heterocycles. The Morgan fingerprint density at radius 3 is 2.38 bits per heavy atom. The Hall–Kier alpha value is -1.91. The third-order valence-corrected chi connectivity index (χ3v) is 7.33. The summed E-state index contributed by atoms with van der Waals surface area (Å²) in [6, 6.07) is 7.93. The van der Waals surface area contributed by atoms with E-state index in [0.29, 0.717) is 24.4 Å². The van der Waals surface area contributed by atoms with E-state index in [4.69, 9.17) is 5.26 Å². The highest BCUT2D eigenvalue weighted by molar-refractivity contribution is 7.89. The summed E-state index contributed by atoms with van der Waals surface area (Å²) in [5.41, 5.74) is 0.426. The molecule has 2 aliphatic heterocycles. The highest BCUT2D eigenvalue weighted by Crippen LogP contribution is 2.26. The van der Waals surface area contributed by atoms with E-state index in [9.17, 15) is 13.2 Å². The van der Waals surface area contributed by atoms with Crippen LogP contribution in [0.2, 0.25) is 0 Å². The first-order valence-electron chi connectivity index (χ1n) is 9.21. The smallest absolute Gasteiger partial charge is 0.243 e. The number of likely N-dealkylation sites (tertiary alicyclic amines) is 1. The second-order valence-electron chi connectivity index (χ2n) is 7.35. The molecule has 0 aromatic heterocycles. The van der Waals surface area contributed by atoms with Gasteiger partial charge in [-0.2, -0.15) is 9.57 Å². The van der Waals surface area contributed by atoms with Gasteiger partial charge in [-0.15, -0.1) is 0 Å². The Bertz CT molecular complexity index is 790. The standard InChI is InChI=1S/C19H25N3O3S/c1-15-8-11-21(12-9-15)19(23)17-3-2-10-22(14-17)26(24,25)18-6-4-16(13-20)5-7-18/h4-7,15,17H,2-3,8-12,14H2,1H3. The lowest BCUT2D eigenvalue weighted by Gasteiger charge is -2.36. The number of nitrogens with zero attached hydrogens (tertiary/aromatic N) is 3. The quantitative estimate of drug-likeness (QED) is 0.811. The second-order valence-corrected chi connectivity index (χ2v) is 9.28. The molecule has 0 radical (unpaired) electrons. The minimum atomic E-state index is -3.64. The van der Waals surface area contributed by atoms with E-state index >= 15 is 0 Å². The van der Waals surface area contributed by atoms with Gasteiger partial charge in [0.25, 0.3) is 0 Å². The number of rotatable bonds is 3. The van der Waals surface area contributed by atoms with Crippen molar-refractivity contribution in [3.63, 3.8) is 0 Å². The fourth-order valence-corrected chi connectivity index (χ4v) is 5.22. The highest BCUT2D eigenvalue weighted by Gasteiger charge is 2.35. The first kappa shape index (κ1) is 18.9. The molecular weight excluding hydrogens is 350 g/mol. The zero-order chi connectivity index (χ0) is 18.7. The molecule has 6 nitrogen and oxygen atoms in total. The van der Waals surface area contributed by atoms with Crippen LogP contribution < -0.4 is 0 Å². The monoisotopic (exact) mass is 375 g/mol. The molecular formula is C19H25N3O3S. The van der Waals surface area contributed by atoms with E-state index in [1.807, 2.05) is 11.0 Å². The zero-order valence-corrected chi connectivity index (χ0v) is 15.9. The molecule has 1 aromatic rings. The fourth-order valence-electron chi connectivity index (χ4n) is 3.70. The molecule has 1 unspecified atom stereocenters. The van der Waals surface area contributed by atoms with Crippen molar-refractivity contribution in [2.24, 2.45) is 11.8 Å². The number of benzene rings is 1. The van der Waals surface area contributed by atoms with Crippen molar-refractivity contribution in [1.82, 2.24) is 9.21 Å². The lowest BCUT2D eigenvalue weighted by molar-refractivity contribution is -0.138. The topological polar surface area (TPSA) is 81.5 Å². The van der Waals surface area contributed by atoms with Crippen molar-refractivity contribution in [3.8, 4) is 6.07 Å². The Morgan fingerprint density at radius 2 is 1.77 bits per heavy atom. The van der Waals surface area contributed by atoms with Gasteiger partial charge in [0.05, 0.1) is 22.4 Å². The van der Waals surface area contributed by atoms with Crippen molar-refractivity contribution in [2.45, 2.75) is 37.5 Å². The summed E-state index contributed by atoms with van der Waals surface area (Å²) >= 11 is 0. The molecule has 0 saturated carbocycles. The fraction of sp³-hybridized carbons (Fsp3) is 0.579. The van der Waals surface area contributed by atoms with E-state index in [1.165, 1.54) is 28.6 Å². The number of carbonyl (C=O) groups excluding carboxylic acids is 1. The SMILES string of the molecule is CC1CCN(C(=O)C2CCCN(S(=O)(=O)c3ccc(C#N)cc3)C2)CC1. The normalized spacial score (nSPS) is 22.8. The molecule has 7 heteroatoms. The van der Waals surface area contributed by atoms with Gasteiger partial charge in [-0.3, -0.25) is 4.79 Å². The van der Waals surface area contributed by atoms with Gasteiger partial charge < -0.3 is 4.90 Å². The van der Waals surface area contributed by atoms with Crippen LogP contribution in [0.3, 0.4) is 0 Å². The predicted molar refractivity (Wildman–Crippen MR) is 97.6 cm³/mol. The van der Waals surface area contributed by atoms with Crippen molar-refractivity contribution >= 4 is 15.9 Å². The number of sulfonamides is 1. The Morgan fingerprint density at radius 1 is 1.12 bits per heavy atom. The summed E-state index contributed by atoms with van der Waals surface area (Å²) in [4.78, 5) is 14.9. The number of nitriles is 1. The predicted octanol–water partition coefficient (Wildman–Crippen LogP) is 2.22. The van der Waals surface area contributed by atoms with Crippen LogP contribution in [0, 0.1) is 23.2 Å². The van der Waals surface area contributed by atoms with Gasteiger partial charge in [-0.25, -0.2) is 8.42 Å². The summed E-state index contributed by atoms with van der Waals surface area (Å²) in [7, 11) is -3.64. The zero-order valence-electron chi connectivity index (χ0n) is 15.1. The minimum Gasteiger partial charge on any atom is -0.342 e. The highest BCUT2D eigenvalue weighted by atomic mass is 32.2. The van der Waals surface area contributed by atoms with E-state index in [-0.39, 0.29) is 23.3 Å². The number of amides is 1. The van der Waals surface area contributed by atoms with Crippen LogP contribution in [0.1, 0.15) is 38.2 Å². The first-order valence-corrected chi connectivity index (χ1v) is 10.6. The molecule has 0 bridgehead atoms. The van der Waals surface area contributed by atoms with Crippen molar-refractivity contribution in [3.05, 3.63) is 29.8 Å². The van der Waals surface area contributed by atoms with E-state index in [2.05, 4.69) is 6.92 Å². The molecule has 3 rings (SSSR count). The van der Waals surface area contributed by atoms with Gasteiger partial charge in [0.2, 0.25) is 15.9 Å². The van der Waals surface area contributed by atoms with Crippen LogP contribution in [0.4, 0.5) is 0 Å². The van der Waals surface area contributed by atoms with Crippen LogP contribution in [0.5, 0.6) is 0 Å². The van der Waals surface area contributed by atoms with Crippen molar-refractivity contribution < 1.29 is 13.2 Å². The average molecular weight is 375 g/mol. The molecule has 1 aromatic carbocycles. The Balaban J connectivity index is 1.71. The Kier molecular flexibility index (Phi) is 5.64. The first-order chi connectivity index (χ1) is 12.4. The summed E-state index contributed by atoms with van der Waals surface area (Å²) < 4.78 is 27.2. The van der Waals surface area contributed by atoms with Gasteiger partial charge in [0, 0.05) is 26.2 Å². The molecule has 0 spiro atoms. The van der Waals surface area contributed by atoms with Crippen LogP contribution in [0.15, 0.2) is 29.2 Å². The van der Waals surface area contributed by atoms with Gasteiger partial charge in [0.1, 0.15) is 0 Å². The maximum atomic E-state index is 12.9. The lowest BCUT2D eigenvalue weighted by atomic mass is 9.94. The van der Waals surface area contributed by atoms with Crippen molar-refractivity contribution in [2.75, 3.05) is 26.2 Å². The molecule has 2 fully saturated rings. The second kappa shape index (κ2) is 7.77. The third-order valence-electron chi connectivity index (χ3n) is 5.45. The summed E-state index contributed by atoms with van der Waals surface area (Å²) in [5.74, 6) is 0.487. The van der Waals surface area contributed by atoms with Crippen LogP contribution in [-0.2, 0) is 14.8 Å². The molecule has 0 N–H and O–H groups in total. The minimum absolute atomic E-state index is 0.0941. The summed E-state index contributed by atoms with van der Waals surface area (Å²) in [6.07, 6.45) is 3.47. The van der Waals surface area contributed by atoms with Crippen LogP contribution in [-0.4, -0.2) is 49.7 Å². The molecule has 26 heavy (non-hydrogen) atoms. The molecule has 1 amide bonds. The van der Waals surface area contributed by atoms with Crippen LogP contribution in [0.25, 0.3) is 0 Å². The van der Waals surface area contributed by atoms with Gasteiger partial charge in [-0.1, -0.05) is 6.92 Å². The van der Waals surface area contributed by atoms with E-state index in [1.54, 1.807) is 0 Å². The molecule has 0 aliphatic carbocycles. The lowest BCUT2D eigenvalue weighted by Crippen LogP contribution is -2.48. The molecule has 1 atom stereocenters. The molecule has 2 aliphatic rings. The van der Waals surface area contributed by atoms with Gasteiger partial charge >= 0.3 is 0 Å². The third kappa shape index (κ3) is 3.92. The summed E-state index contributed by atoms with van der Waals surface area (Å²) in [6.45, 7) is 4.43.